The van der Waals surface area contributed by atoms with Gasteiger partial charge in [-0.05, 0) is 89.1 Å². The van der Waals surface area contributed by atoms with E-state index in [4.69, 9.17) is 28.4 Å². The first kappa shape index (κ1) is 31.6. The Labute approximate surface area is 233 Å². The smallest absolute Gasteiger partial charge is 0.423 e. The van der Waals surface area contributed by atoms with E-state index in [2.05, 4.69) is 0 Å². The second-order valence-corrected chi connectivity index (χ2v) is 10.3. The maximum atomic E-state index is 12.4. The molecule has 2 aromatic carbocycles. The molecule has 0 aromatic heterocycles. The number of carbonyl (C=O) groups excluding carboxylic acids is 4. The van der Waals surface area contributed by atoms with E-state index < -0.39 is 35.1 Å². The van der Waals surface area contributed by atoms with Gasteiger partial charge in [-0.1, -0.05) is 12.1 Å². The van der Waals surface area contributed by atoms with Crippen molar-refractivity contribution in [2.75, 3.05) is 14.2 Å². The Kier molecular flexibility index (Phi) is 10.6. The number of methoxy groups -OCH3 is 2. The SMILES string of the molecule is COc1cc(/C=C/C(=O)OC(C)(C)C)ccc1OC(=O)C(=O)Oc1ccc(/C=C/C(=O)OC(C)(C)C)cc1OC. The largest absolute Gasteiger partial charge is 0.493 e. The summed E-state index contributed by atoms with van der Waals surface area (Å²) in [5, 5.41) is 0. The first-order valence-corrected chi connectivity index (χ1v) is 12.2. The van der Waals surface area contributed by atoms with Crippen molar-refractivity contribution in [2.45, 2.75) is 52.7 Å². The summed E-state index contributed by atoms with van der Waals surface area (Å²) < 4.78 is 31.3. The van der Waals surface area contributed by atoms with Crippen molar-refractivity contribution in [2.24, 2.45) is 0 Å². The molecule has 0 atom stereocenters. The fourth-order valence-electron chi connectivity index (χ4n) is 3.03. The zero-order chi connectivity index (χ0) is 30.1. The van der Waals surface area contributed by atoms with Crippen LogP contribution in [-0.2, 0) is 28.7 Å². The number of benzene rings is 2. The second-order valence-electron chi connectivity index (χ2n) is 10.3. The average molecular weight is 555 g/mol. The predicted molar refractivity (Wildman–Crippen MR) is 147 cm³/mol. The minimum Gasteiger partial charge on any atom is -0.493 e. The van der Waals surface area contributed by atoms with Crippen LogP contribution in [0.2, 0.25) is 0 Å². The summed E-state index contributed by atoms with van der Waals surface area (Å²) in [7, 11) is 2.71. The highest BCUT2D eigenvalue weighted by Gasteiger charge is 2.23. The molecule has 0 N–H and O–H groups in total. The van der Waals surface area contributed by atoms with E-state index in [1.807, 2.05) is 0 Å². The molecule has 0 spiro atoms. The van der Waals surface area contributed by atoms with Gasteiger partial charge in [-0.15, -0.1) is 0 Å². The molecule has 0 aliphatic rings. The van der Waals surface area contributed by atoms with Crippen LogP contribution in [0.3, 0.4) is 0 Å². The fourth-order valence-corrected chi connectivity index (χ4v) is 3.03. The molecule has 0 aliphatic carbocycles. The lowest BCUT2D eigenvalue weighted by molar-refractivity contribution is -0.156. The van der Waals surface area contributed by atoms with Crippen LogP contribution in [-0.4, -0.2) is 49.3 Å². The van der Waals surface area contributed by atoms with Gasteiger partial charge >= 0.3 is 23.9 Å². The summed E-state index contributed by atoms with van der Waals surface area (Å²) in [6.45, 7) is 10.5. The molecule has 40 heavy (non-hydrogen) atoms. The number of ether oxygens (including phenoxy) is 6. The minimum atomic E-state index is -1.30. The molecule has 2 rings (SSSR count). The molecule has 10 heteroatoms. The van der Waals surface area contributed by atoms with Crippen LogP contribution in [0.25, 0.3) is 12.2 Å². The predicted octanol–water partition coefficient (Wildman–Crippen LogP) is 4.92. The van der Waals surface area contributed by atoms with Crippen molar-refractivity contribution in [3.8, 4) is 23.0 Å². The second kappa shape index (κ2) is 13.5. The molecule has 214 valence electrons. The van der Waals surface area contributed by atoms with Crippen LogP contribution in [0.4, 0.5) is 0 Å². The van der Waals surface area contributed by atoms with Crippen molar-refractivity contribution >= 4 is 36.0 Å². The zero-order valence-electron chi connectivity index (χ0n) is 23.9. The first-order valence-electron chi connectivity index (χ1n) is 12.2. The van der Waals surface area contributed by atoms with Gasteiger partial charge in [-0.25, -0.2) is 19.2 Å². The number of carbonyl (C=O) groups is 4. The van der Waals surface area contributed by atoms with Crippen LogP contribution < -0.4 is 18.9 Å². The zero-order valence-corrected chi connectivity index (χ0v) is 23.9. The van der Waals surface area contributed by atoms with Gasteiger partial charge in [0, 0.05) is 12.2 Å². The third kappa shape index (κ3) is 10.6. The van der Waals surface area contributed by atoms with Gasteiger partial charge in [0.1, 0.15) is 11.2 Å². The molecule has 0 amide bonds. The Morgan fingerprint density at radius 2 is 0.925 bits per heavy atom. The summed E-state index contributed by atoms with van der Waals surface area (Å²) in [5.41, 5.74) is -0.126. The van der Waals surface area contributed by atoms with Gasteiger partial charge in [0.25, 0.3) is 0 Å². The molecule has 10 nitrogen and oxygen atoms in total. The topological polar surface area (TPSA) is 124 Å². The van der Waals surface area contributed by atoms with Crippen molar-refractivity contribution in [3.63, 3.8) is 0 Å². The van der Waals surface area contributed by atoms with Crippen molar-refractivity contribution in [1.29, 1.82) is 0 Å². The third-order valence-electron chi connectivity index (χ3n) is 4.58. The Morgan fingerprint density at radius 3 is 1.23 bits per heavy atom. The molecular weight excluding hydrogens is 520 g/mol. The molecule has 0 fully saturated rings. The lowest BCUT2D eigenvalue weighted by atomic mass is 10.1. The molecule has 0 saturated heterocycles. The maximum Gasteiger partial charge on any atom is 0.423 e. The number of rotatable bonds is 8. The third-order valence-corrected chi connectivity index (χ3v) is 4.58. The van der Waals surface area contributed by atoms with Crippen LogP contribution in [0.1, 0.15) is 52.7 Å². The number of hydrogen-bond donors (Lipinski definition) is 0. The Bertz CT molecular complexity index is 1210. The van der Waals surface area contributed by atoms with E-state index in [0.717, 1.165) is 0 Å². The molecule has 0 saturated carbocycles. The van der Waals surface area contributed by atoms with Crippen LogP contribution in [0.5, 0.6) is 23.0 Å². The Balaban J connectivity index is 2.08. The fraction of sp³-hybridized carbons (Fsp3) is 0.333. The standard InChI is InChI=1S/C30H34O10/c1-29(2,3)39-25(31)15-11-19-9-13-21(23(17-19)35-7)37-27(33)28(34)38-22-14-10-20(18-24(22)36-8)12-16-26(32)40-30(4,5)6/h9-18H,1-8H3/b15-11+,16-12+. The van der Waals surface area contributed by atoms with Crippen molar-refractivity contribution in [3.05, 3.63) is 59.7 Å². The van der Waals surface area contributed by atoms with E-state index in [-0.39, 0.29) is 23.0 Å². The maximum absolute atomic E-state index is 12.4. The normalized spacial score (nSPS) is 11.7. The Hall–Kier alpha value is -4.60. The number of esters is 4. The first-order chi connectivity index (χ1) is 18.6. The van der Waals surface area contributed by atoms with Gasteiger partial charge in [0.15, 0.2) is 23.0 Å². The summed E-state index contributed by atoms with van der Waals surface area (Å²) in [4.78, 5) is 48.7. The van der Waals surface area contributed by atoms with Crippen LogP contribution in [0, 0.1) is 0 Å². The number of hydrogen-bond acceptors (Lipinski definition) is 10. The Morgan fingerprint density at radius 1 is 0.575 bits per heavy atom. The molecule has 2 aromatic rings. The monoisotopic (exact) mass is 554 g/mol. The lowest BCUT2D eigenvalue weighted by Crippen LogP contribution is -2.25. The summed E-state index contributed by atoms with van der Waals surface area (Å²) in [5.74, 6) is -3.42. The summed E-state index contributed by atoms with van der Waals surface area (Å²) in [6, 6.07) is 8.97. The lowest BCUT2D eigenvalue weighted by Gasteiger charge is -2.18. The van der Waals surface area contributed by atoms with Gasteiger partial charge < -0.3 is 28.4 Å². The van der Waals surface area contributed by atoms with E-state index in [1.54, 1.807) is 53.7 Å². The molecular formula is C30H34O10. The molecule has 0 aliphatic heterocycles. The van der Waals surface area contributed by atoms with Crippen molar-refractivity contribution < 1.29 is 47.6 Å². The molecule has 0 heterocycles. The summed E-state index contributed by atoms with van der Waals surface area (Å²) in [6.07, 6.45) is 5.54. The van der Waals surface area contributed by atoms with Gasteiger partial charge in [-0.3, -0.25) is 0 Å². The van der Waals surface area contributed by atoms with Crippen LogP contribution in [0.15, 0.2) is 48.6 Å². The highest BCUT2D eigenvalue weighted by Crippen LogP contribution is 2.31. The van der Waals surface area contributed by atoms with Crippen molar-refractivity contribution in [1.82, 2.24) is 0 Å². The van der Waals surface area contributed by atoms with E-state index in [0.29, 0.717) is 11.1 Å². The summed E-state index contributed by atoms with van der Waals surface area (Å²) >= 11 is 0. The van der Waals surface area contributed by atoms with E-state index in [9.17, 15) is 19.2 Å². The van der Waals surface area contributed by atoms with E-state index >= 15 is 0 Å². The van der Waals surface area contributed by atoms with Gasteiger partial charge in [-0.2, -0.15) is 0 Å². The molecule has 0 bridgehead atoms. The minimum absolute atomic E-state index is 0.0338. The highest BCUT2D eigenvalue weighted by atomic mass is 16.6. The molecule has 0 unspecified atom stereocenters. The van der Waals surface area contributed by atoms with Gasteiger partial charge in [0.2, 0.25) is 0 Å². The average Bonchev–Trinajstić information content (AvgIpc) is 2.85. The molecule has 0 radical (unpaired) electrons. The van der Waals surface area contributed by atoms with Crippen LogP contribution >= 0.6 is 0 Å². The quantitative estimate of drug-likeness (QED) is 0.192. The highest BCUT2D eigenvalue weighted by molar-refractivity contribution is 6.31. The van der Waals surface area contributed by atoms with E-state index in [1.165, 1.54) is 62.8 Å². The van der Waals surface area contributed by atoms with Gasteiger partial charge in [0.05, 0.1) is 14.2 Å².